The summed E-state index contributed by atoms with van der Waals surface area (Å²) in [4.78, 5) is 34.2. The maximum absolute atomic E-state index is 12.5. The predicted octanol–water partition coefficient (Wildman–Crippen LogP) is 5.53. The van der Waals surface area contributed by atoms with Gasteiger partial charge in [0.2, 0.25) is 5.76 Å². The topological polar surface area (TPSA) is 127 Å². The molecule has 3 aromatic heterocycles. The van der Waals surface area contributed by atoms with E-state index in [1.54, 1.807) is 32.0 Å². The number of aryl methyl sites for hydroxylation is 1. The fourth-order valence-corrected chi connectivity index (χ4v) is 5.84. The van der Waals surface area contributed by atoms with Gasteiger partial charge in [-0.25, -0.2) is 14.8 Å². The van der Waals surface area contributed by atoms with Crippen molar-refractivity contribution in [2.45, 2.75) is 38.2 Å². The van der Waals surface area contributed by atoms with Crippen molar-refractivity contribution >= 4 is 61.7 Å². The van der Waals surface area contributed by atoms with Gasteiger partial charge in [0.05, 0.1) is 0 Å². The minimum Gasteiger partial charge on any atom is -0.481 e. The average Bonchev–Trinajstić information content (AvgIpc) is 3.25. The highest BCUT2D eigenvalue weighted by Crippen LogP contribution is 2.50. The molecular formula is C23H17ClN4O5S2. The number of aromatic nitrogens is 3. The molecule has 3 heterocycles. The largest absolute Gasteiger partial charge is 0.481 e. The molecule has 1 aromatic carbocycles. The summed E-state index contributed by atoms with van der Waals surface area (Å²) in [6.07, 6.45) is -0.0907. The van der Waals surface area contributed by atoms with E-state index < -0.39 is 23.6 Å². The number of nitrogens with one attached hydrogen (secondary N) is 1. The van der Waals surface area contributed by atoms with Crippen molar-refractivity contribution < 1.29 is 24.0 Å². The Morgan fingerprint density at radius 1 is 1.23 bits per heavy atom. The molecule has 9 nitrogen and oxygen atoms in total. The zero-order valence-corrected chi connectivity index (χ0v) is 20.8. The number of benzene rings is 1. The summed E-state index contributed by atoms with van der Waals surface area (Å²) < 4.78 is 10.7. The summed E-state index contributed by atoms with van der Waals surface area (Å²) in [6.45, 7) is 3.39. The molecule has 5 rings (SSSR count). The van der Waals surface area contributed by atoms with Crippen molar-refractivity contribution in [3.63, 3.8) is 0 Å². The van der Waals surface area contributed by atoms with E-state index >= 15 is 0 Å². The number of carbonyl (C=O) groups excluding carboxylic acids is 1. The summed E-state index contributed by atoms with van der Waals surface area (Å²) in [6, 6.07) is 7.11. The van der Waals surface area contributed by atoms with Crippen LogP contribution in [0.4, 0.5) is 10.5 Å². The van der Waals surface area contributed by atoms with Gasteiger partial charge in [-0.1, -0.05) is 57.6 Å². The van der Waals surface area contributed by atoms with Gasteiger partial charge < -0.3 is 14.4 Å². The van der Waals surface area contributed by atoms with Crippen molar-refractivity contribution in [1.29, 1.82) is 0 Å². The lowest BCUT2D eigenvalue weighted by Gasteiger charge is -2.15. The van der Waals surface area contributed by atoms with Gasteiger partial charge in [0, 0.05) is 10.6 Å². The molecule has 4 aromatic rings. The number of fused-ring (bicyclic) bond motifs is 1. The molecular weight excluding hydrogens is 512 g/mol. The smallest absolute Gasteiger partial charge is 0.412 e. The summed E-state index contributed by atoms with van der Waals surface area (Å²) in [5.74, 6) is 5.04. The number of ether oxygens (including phenoxy) is 1. The van der Waals surface area contributed by atoms with Gasteiger partial charge >= 0.3 is 12.1 Å². The van der Waals surface area contributed by atoms with Gasteiger partial charge in [0.15, 0.2) is 14.7 Å². The molecule has 1 aliphatic carbocycles. The average molecular weight is 529 g/mol. The number of hydrogen-bond acceptors (Lipinski definition) is 9. The second-order valence-corrected chi connectivity index (χ2v) is 10.3. The zero-order chi connectivity index (χ0) is 24.7. The molecule has 2 N–H and O–H groups in total. The fourth-order valence-electron chi connectivity index (χ4n) is 3.42. The van der Waals surface area contributed by atoms with Gasteiger partial charge in [0.1, 0.15) is 27.9 Å². The number of hydrogen-bond donors (Lipinski definition) is 2. The van der Waals surface area contributed by atoms with Crippen LogP contribution in [0.15, 0.2) is 28.8 Å². The first-order chi connectivity index (χ1) is 16.8. The van der Waals surface area contributed by atoms with E-state index in [2.05, 4.69) is 32.3 Å². The lowest BCUT2D eigenvalue weighted by Crippen LogP contribution is -2.18. The molecule has 0 bridgehead atoms. The minimum absolute atomic E-state index is 0.153. The molecule has 0 spiro atoms. The Labute approximate surface area is 212 Å². The van der Waals surface area contributed by atoms with Crippen LogP contribution < -0.4 is 5.32 Å². The van der Waals surface area contributed by atoms with E-state index in [9.17, 15) is 14.7 Å². The van der Waals surface area contributed by atoms with Crippen LogP contribution in [0.1, 0.15) is 52.9 Å². The van der Waals surface area contributed by atoms with Crippen LogP contribution in [-0.2, 0) is 14.9 Å². The Hall–Kier alpha value is -3.46. The Morgan fingerprint density at radius 2 is 1.97 bits per heavy atom. The van der Waals surface area contributed by atoms with Crippen molar-refractivity contribution in [2.24, 2.45) is 0 Å². The first kappa shape index (κ1) is 23.3. The number of carbonyl (C=O) groups is 2. The van der Waals surface area contributed by atoms with Gasteiger partial charge in [-0.05, 0) is 44.6 Å². The number of aliphatic carboxylic acids is 1. The maximum atomic E-state index is 12.5. The summed E-state index contributed by atoms with van der Waals surface area (Å²) in [5.41, 5.74) is 0.561. The number of carboxylic acid groups (broad SMARTS) is 1. The van der Waals surface area contributed by atoms with Crippen LogP contribution >= 0.6 is 34.3 Å². The Morgan fingerprint density at radius 3 is 2.66 bits per heavy atom. The van der Waals surface area contributed by atoms with Gasteiger partial charge in [-0.2, -0.15) is 0 Å². The highest BCUT2D eigenvalue weighted by molar-refractivity contribution is 7.26. The lowest BCUT2D eigenvalue weighted by atomic mass is 10.1. The summed E-state index contributed by atoms with van der Waals surface area (Å²) in [5, 5.41) is 17.5. The number of nitrogens with zero attached hydrogens (tertiary/aromatic N) is 3. The number of anilines is 1. The molecule has 35 heavy (non-hydrogen) atoms. The number of amides is 1. The van der Waals surface area contributed by atoms with E-state index in [-0.39, 0.29) is 5.76 Å². The zero-order valence-electron chi connectivity index (χ0n) is 18.4. The first-order valence-electron chi connectivity index (χ1n) is 10.5. The second kappa shape index (κ2) is 8.96. The molecule has 1 unspecified atom stereocenters. The third-order valence-corrected chi connectivity index (χ3v) is 8.04. The van der Waals surface area contributed by atoms with Gasteiger partial charge in [-0.3, -0.25) is 10.1 Å². The van der Waals surface area contributed by atoms with E-state index in [0.717, 1.165) is 0 Å². The van der Waals surface area contributed by atoms with Crippen molar-refractivity contribution in [3.05, 3.63) is 56.3 Å². The highest BCUT2D eigenvalue weighted by Gasteiger charge is 2.54. The molecule has 1 amide bonds. The highest BCUT2D eigenvalue weighted by atomic mass is 35.5. The standard InChI is InChI=1S/C23H17ClN4O5S2/c1-11-17(26-22(31)32-12(2)13-5-3-4-6-14(13)24)15(33-28-11)7-8-16-25-18-19(34-16)27-20(35-18)23(9-10-23)21(29)30/h3-6,12H,9-10H2,1-2H3,(H,26,31)(H,29,30). The molecule has 1 saturated carbocycles. The number of halogens is 1. The van der Waals surface area contributed by atoms with Crippen LogP contribution in [0, 0.1) is 18.8 Å². The van der Waals surface area contributed by atoms with Crippen LogP contribution in [0.25, 0.3) is 9.66 Å². The SMILES string of the molecule is Cc1noc(C#Cc2nc3sc(C4(C(=O)O)CC4)nc3s2)c1NC(=O)OC(C)c1ccccc1Cl. The summed E-state index contributed by atoms with van der Waals surface area (Å²) in [7, 11) is 0. The van der Waals surface area contributed by atoms with Gasteiger partial charge in [-0.15, -0.1) is 0 Å². The van der Waals surface area contributed by atoms with E-state index in [1.807, 2.05) is 6.07 Å². The quantitative estimate of drug-likeness (QED) is 0.324. The third kappa shape index (κ3) is 4.48. The Kier molecular flexibility index (Phi) is 5.96. The lowest BCUT2D eigenvalue weighted by molar-refractivity contribution is -0.140. The second-order valence-electron chi connectivity index (χ2n) is 7.95. The molecule has 1 aliphatic rings. The monoisotopic (exact) mass is 528 g/mol. The van der Waals surface area contributed by atoms with Crippen molar-refractivity contribution in [2.75, 3.05) is 5.32 Å². The fraction of sp³-hybridized carbons (Fsp3) is 0.261. The van der Waals surface area contributed by atoms with E-state index in [0.29, 0.717) is 54.5 Å². The molecule has 178 valence electrons. The maximum Gasteiger partial charge on any atom is 0.412 e. The third-order valence-electron chi connectivity index (χ3n) is 5.54. The van der Waals surface area contributed by atoms with E-state index in [1.165, 1.54) is 22.7 Å². The molecule has 12 heteroatoms. The normalized spacial score (nSPS) is 14.7. The number of rotatable bonds is 5. The predicted molar refractivity (Wildman–Crippen MR) is 131 cm³/mol. The molecule has 0 saturated heterocycles. The minimum atomic E-state index is -0.854. The Balaban J connectivity index is 1.30. The number of thiazole rings is 2. The Bertz CT molecular complexity index is 1490. The summed E-state index contributed by atoms with van der Waals surface area (Å²) >= 11 is 8.72. The van der Waals surface area contributed by atoms with Crippen molar-refractivity contribution in [1.82, 2.24) is 15.1 Å². The van der Waals surface area contributed by atoms with E-state index in [4.69, 9.17) is 20.9 Å². The molecule has 0 aliphatic heterocycles. The van der Waals surface area contributed by atoms with Crippen LogP contribution in [0.3, 0.4) is 0 Å². The van der Waals surface area contributed by atoms with Crippen LogP contribution in [0.2, 0.25) is 5.02 Å². The van der Waals surface area contributed by atoms with Crippen LogP contribution in [0.5, 0.6) is 0 Å². The molecule has 1 atom stereocenters. The molecule has 0 radical (unpaired) electrons. The number of carboxylic acids is 1. The first-order valence-corrected chi connectivity index (χ1v) is 12.5. The molecule has 1 fully saturated rings. The van der Waals surface area contributed by atoms with Gasteiger partial charge in [0.25, 0.3) is 0 Å². The van der Waals surface area contributed by atoms with Crippen molar-refractivity contribution in [3.8, 4) is 11.8 Å². The van der Waals surface area contributed by atoms with Crippen LogP contribution in [-0.4, -0.2) is 32.3 Å².